The van der Waals surface area contributed by atoms with Gasteiger partial charge in [-0.15, -0.1) is 0 Å². The Hall–Kier alpha value is -4.14. The lowest BCUT2D eigenvalue weighted by Crippen LogP contribution is -2.55. The summed E-state index contributed by atoms with van der Waals surface area (Å²) in [7, 11) is -4.18. The fourth-order valence-electron chi connectivity index (χ4n) is 5.87. The minimum Gasteiger partial charge on any atom is -0.352 e. The van der Waals surface area contributed by atoms with Crippen molar-refractivity contribution < 1.29 is 18.0 Å². The summed E-state index contributed by atoms with van der Waals surface area (Å²) in [6, 6.07) is 31.0. The Morgan fingerprint density at radius 2 is 1.48 bits per heavy atom. The minimum absolute atomic E-state index is 0.0391. The second-order valence-corrected chi connectivity index (χ2v) is 14.2. The molecule has 0 bridgehead atoms. The van der Waals surface area contributed by atoms with E-state index in [0.717, 1.165) is 53.1 Å². The second-order valence-electron chi connectivity index (χ2n) is 11.9. The Morgan fingerprint density at radius 1 is 0.826 bits per heavy atom. The summed E-state index contributed by atoms with van der Waals surface area (Å²) in [6.45, 7) is 1.59. The van der Waals surface area contributed by atoms with Crippen LogP contribution in [0.15, 0.2) is 114 Å². The van der Waals surface area contributed by atoms with E-state index in [2.05, 4.69) is 5.32 Å². The van der Waals surface area contributed by atoms with E-state index in [1.807, 2.05) is 61.5 Å². The largest absolute Gasteiger partial charge is 0.352 e. The molecular weight excluding hydrogens is 618 g/mol. The molecule has 7 nitrogen and oxygen atoms in total. The predicted molar refractivity (Wildman–Crippen MR) is 183 cm³/mol. The van der Waals surface area contributed by atoms with Crippen LogP contribution in [0.1, 0.15) is 48.8 Å². The van der Waals surface area contributed by atoms with Gasteiger partial charge in [-0.2, -0.15) is 0 Å². The van der Waals surface area contributed by atoms with E-state index in [0.29, 0.717) is 5.02 Å². The molecule has 1 N–H and O–H groups in total. The number of sulfonamides is 1. The molecule has 46 heavy (non-hydrogen) atoms. The van der Waals surface area contributed by atoms with E-state index in [9.17, 15) is 18.0 Å². The fourth-order valence-corrected chi connectivity index (χ4v) is 7.48. The van der Waals surface area contributed by atoms with Crippen LogP contribution in [0.25, 0.3) is 0 Å². The van der Waals surface area contributed by atoms with Crippen molar-refractivity contribution in [1.29, 1.82) is 0 Å². The van der Waals surface area contributed by atoms with E-state index in [1.165, 1.54) is 23.1 Å². The lowest BCUT2D eigenvalue weighted by Gasteiger charge is -2.35. The Balaban J connectivity index is 1.55. The molecule has 4 aromatic rings. The number of hydrogen-bond acceptors (Lipinski definition) is 4. The predicted octanol–water partition coefficient (Wildman–Crippen LogP) is 6.93. The number of nitrogens with zero attached hydrogens (tertiary/aromatic N) is 2. The molecule has 1 fully saturated rings. The molecule has 0 aliphatic heterocycles. The van der Waals surface area contributed by atoms with Crippen molar-refractivity contribution in [1.82, 2.24) is 10.2 Å². The number of hydrogen-bond donors (Lipinski definition) is 1. The van der Waals surface area contributed by atoms with Gasteiger partial charge < -0.3 is 10.2 Å². The molecule has 0 radical (unpaired) electrons. The summed E-state index contributed by atoms with van der Waals surface area (Å²) in [5.74, 6) is -0.740. The maximum absolute atomic E-state index is 14.6. The Labute approximate surface area is 277 Å². The first kappa shape index (κ1) is 33.2. The summed E-state index contributed by atoms with van der Waals surface area (Å²) < 4.78 is 29.3. The molecule has 4 aromatic carbocycles. The van der Waals surface area contributed by atoms with Crippen molar-refractivity contribution in [3.05, 3.63) is 131 Å². The molecule has 1 aliphatic carbocycles. The van der Waals surface area contributed by atoms with Crippen molar-refractivity contribution in [2.24, 2.45) is 0 Å². The SMILES string of the molecule is Cc1ccc(CN(C(=O)CN(c2cccc(Cl)c2)S(=O)(=O)c2ccccc2)C(Cc2ccccc2)C(=O)NC2CCCCC2)cc1. The van der Waals surface area contributed by atoms with Gasteiger partial charge in [-0.25, -0.2) is 8.42 Å². The first-order valence-electron chi connectivity index (χ1n) is 15.7. The molecule has 1 saturated carbocycles. The van der Waals surface area contributed by atoms with E-state index in [-0.39, 0.29) is 35.5 Å². The Bertz CT molecular complexity index is 1710. The average Bonchev–Trinajstić information content (AvgIpc) is 3.07. The molecule has 1 aliphatic rings. The highest BCUT2D eigenvalue weighted by Crippen LogP contribution is 2.27. The highest BCUT2D eigenvalue weighted by Gasteiger charge is 2.35. The van der Waals surface area contributed by atoms with Gasteiger partial charge in [0.25, 0.3) is 10.0 Å². The summed E-state index contributed by atoms with van der Waals surface area (Å²) in [5, 5.41) is 3.57. The zero-order valence-corrected chi connectivity index (χ0v) is 27.6. The number of amides is 2. The highest BCUT2D eigenvalue weighted by molar-refractivity contribution is 7.92. The van der Waals surface area contributed by atoms with Crippen molar-refractivity contribution in [2.75, 3.05) is 10.8 Å². The third-order valence-electron chi connectivity index (χ3n) is 8.40. The smallest absolute Gasteiger partial charge is 0.264 e. The first-order valence-corrected chi connectivity index (χ1v) is 17.6. The van der Waals surface area contributed by atoms with E-state index in [4.69, 9.17) is 11.6 Å². The number of carbonyl (C=O) groups excluding carboxylic acids is 2. The van der Waals surface area contributed by atoms with Crippen LogP contribution in [0.5, 0.6) is 0 Å². The number of carbonyl (C=O) groups is 2. The van der Waals surface area contributed by atoms with Crippen LogP contribution in [0.4, 0.5) is 5.69 Å². The first-order chi connectivity index (χ1) is 22.2. The van der Waals surface area contributed by atoms with Crippen LogP contribution in [-0.4, -0.2) is 43.8 Å². The number of aryl methyl sites for hydroxylation is 1. The topological polar surface area (TPSA) is 86.8 Å². The highest BCUT2D eigenvalue weighted by atomic mass is 35.5. The number of benzene rings is 4. The molecule has 1 unspecified atom stereocenters. The Morgan fingerprint density at radius 3 is 2.13 bits per heavy atom. The van der Waals surface area contributed by atoms with Crippen molar-refractivity contribution >= 4 is 39.1 Å². The second kappa shape index (κ2) is 15.4. The van der Waals surface area contributed by atoms with E-state index in [1.54, 1.807) is 36.4 Å². The standard InChI is InChI=1S/C37H40ClN3O4S/c1-28-20-22-30(23-21-28)26-40(35(24-29-12-5-2-6-13-29)37(43)39-32-15-7-3-8-16-32)36(42)27-41(33-17-11-14-31(38)25-33)46(44,45)34-18-9-4-10-19-34/h2,4-6,9-14,17-23,25,32,35H,3,7-8,15-16,24,26-27H2,1H3,(H,39,43). The van der Waals surface area contributed by atoms with Gasteiger partial charge in [0.15, 0.2) is 0 Å². The molecule has 9 heteroatoms. The number of nitrogens with one attached hydrogen (secondary N) is 1. The quantitative estimate of drug-likeness (QED) is 0.179. The van der Waals surface area contributed by atoms with Crippen LogP contribution in [-0.2, 0) is 32.6 Å². The van der Waals surface area contributed by atoms with Crippen LogP contribution in [0, 0.1) is 6.92 Å². The van der Waals surface area contributed by atoms with Gasteiger partial charge in [0.1, 0.15) is 12.6 Å². The molecule has 0 aromatic heterocycles. The van der Waals surface area contributed by atoms with Gasteiger partial charge in [0, 0.05) is 24.0 Å². The van der Waals surface area contributed by atoms with Crippen LogP contribution in [0.2, 0.25) is 5.02 Å². The Kier molecular flexibility index (Phi) is 11.1. The molecule has 0 spiro atoms. The zero-order chi connectivity index (χ0) is 32.5. The van der Waals surface area contributed by atoms with Gasteiger partial charge in [-0.3, -0.25) is 13.9 Å². The van der Waals surface area contributed by atoms with Gasteiger partial charge in [-0.05, 0) is 61.2 Å². The fraction of sp³-hybridized carbons (Fsp3) is 0.297. The van der Waals surface area contributed by atoms with Gasteiger partial charge in [0.2, 0.25) is 11.8 Å². The van der Waals surface area contributed by atoms with Crippen molar-refractivity contribution in [2.45, 2.75) is 69.0 Å². The molecule has 0 saturated heterocycles. The molecule has 240 valence electrons. The van der Waals surface area contributed by atoms with Crippen molar-refractivity contribution in [3.63, 3.8) is 0 Å². The van der Waals surface area contributed by atoms with E-state index < -0.39 is 28.5 Å². The summed E-state index contributed by atoms with van der Waals surface area (Å²) in [6.07, 6.45) is 5.31. The number of rotatable bonds is 12. The number of anilines is 1. The lowest BCUT2D eigenvalue weighted by atomic mass is 9.94. The summed E-state index contributed by atoms with van der Waals surface area (Å²) in [5.41, 5.74) is 3.06. The summed E-state index contributed by atoms with van der Waals surface area (Å²) >= 11 is 6.31. The molecule has 1 atom stereocenters. The van der Waals surface area contributed by atoms with E-state index >= 15 is 0 Å². The summed E-state index contributed by atoms with van der Waals surface area (Å²) in [4.78, 5) is 30.3. The van der Waals surface area contributed by atoms with Crippen LogP contribution in [0.3, 0.4) is 0 Å². The third-order valence-corrected chi connectivity index (χ3v) is 10.4. The lowest BCUT2D eigenvalue weighted by molar-refractivity contribution is -0.140. The van der Waals surface area contributed by atoms with Crippen molar-refractivity contribution in [3.8, 4) is 0 Å². The van der Waals surface area contributed by atoms with Gasteiger partial charge >= 0.3 is 0 Å². The molecule has 2 amide bonds. The van der Waals surface area contributed by atoms with Gasteiger partial charge in [-0.1, -0.05) is 115 Å². The maximum atomic E-state index is 14.6. The third kappa shape index (κ3) is 8.56. The molecule has 5 rings (SSSR count). The molecule has 0 heterocycles. The van der Waals surface area contributed by atoms with Crippen LogP contribution < -0.4 is 9.62 Å². The number of halogens is 1. The van der Waals surface area contributed by atoms with Crippen LogP contribution >= 0.6 is 11.6 Å². The van der Waals surface area contributed by atoms with Gasteiger partial charge in [0.05, 0.1) is 10.6 Å². The monoisotopic (exact) mass is 657 g/mol. The normalized spacial score (nSPS) is 14.3. The maximum Gasteiger partial charge on any atom is 0.264 e. The minimum atomic E-state index is -4.18. The zero-order valence-electron chi connectivity index (χ0n) is 26.0. The molecular formula is C37H40ClN3O4S. The average molecular weight is 658 g/mol.